The first kappa shape index (κ1) is 23.4. The number of carbonyl (C=O) groups excluding carboxylic acids is 1. The highest BCUT2D eigenvalue weighted by molar-refractivity contribution is 8.27. The average molecular weight is 521 g/mol. The summed E-state index contributed by atoms with van der Waals surface area (Å²) in [5.41, 5.74) is 3.71. The van der Waals surface area contributed by atoms with Crippen LogP contribution in [0.5, 0.6) is 5.75 Å². The van der Waals surface area contributed by atoms with Crippen molar-refractivity contribution >= 4 is 63.0 Å². The Morgan fingerprint density at radius 3 is 2.66 bits per heavy atom. The zero-order valence-electron chi connectivity index (χ0n) is 18.5. The standard InChI is InChI=1S/C26H18Cl2N4O2S/c1-15-5-7-17(8-6-15)25-31-32-23(29)21(24(33)30-26(32)35-25)12-16-3-2-4-20(11-16)34-14-18-9-10-19(27)13-22(18)28/h2-13,29H,14H2,1H3/b21-12-,29-23?. The van der Waals surface area contributed by atoms with E-state index in [1.54, 1.807) is 24.3 Å². The SMILES string of the molecule is Cc1ccc(C2=NN3C(=N)/C(=C/c4cccc(OCc5ccc(Cl)cc5Cl)c4)C(=O)N=C3S2)cc1. The molecule has 0 saturated heterocycles. The first-order chi connectivity index (χ1) is 16.9. The number of fused-ring (bicyclic) bond motifs is 1. The highest BCUT2D eigenvalue weighted by atomic mass is 35.5. The van der Waals surface area contributed by atoms with Gasteiger partial charge in [0, 0.05) is 21.2 Å². The number of nitrogens with one attached hydrogen (secondary N) is 1. The summed E-state index contributed by atoms with van der Waals surface area (Å²) >= 11 is 13.5. The van der Waals surface area contributed by atoms with E-state index in [1.807, 2.05) is 55.5 Å². The minimum absolute atomic E-state index is 0.0196. The Hall–Kier alpha value is -3.39. The molecule has 0 spiro atoms. The van der Waals surface area contributed by atoms with Gasteiger partial charge in [-0.15, -0.1) is 0 Å². The van der Waals surface area contributed by atoms with Crippen LogP contribution in [0.3, 0.4) is 0 Å². The molecule has 0 bridgehead atoms. The van der Waals surface area contributed by atoms with Crippen LogP contribution in [0.25, 0.3) is 6.08 Å². The number of amidine groups is 2. The van der Waals surface area contributed by atoms with E-state index in [1.165, 1.54) is 16.8 Å². The van der Waals surface area contributed by atoms with Crippen LogP contribution in [0.15, 0.2) is 82.4 Å². The third-order valence-corrected chi connectivity index (χ3v) is 6.88. The number of benzene rings is 3. The van der Waals surface area contributed by atoms with Gasteiger partial charge in [0.1, 0.15) is 17.4 Å². The quantitative estimate of drug-likeness (QED) is 0.387. The van der Waals surface area contributed by atoms with E-state index in [9.17, 15) is 4.79 Å². The van der Waals surface area contributed by atoms with Crippen LogP contribution in [0.2, 0.25) is 10.0 Å². The van der Waals surface area contributed by atoms with Gasteiger partial charge in [-0.25, -0.2) is 0 Å². The number of nitrogens with zero attached hydrogens (tertiary/aromatic N) is 3. The van der Waals surface area contributed by atoms with E-state index in [4.69, 9.17) is 33.3 Å². The fourth-order valence-corrected chi connectivity index (χ4v) is 4.83. The second-order valence-electron chi connectivity index (χ2n) is 7.89. The van der Waals surface area contributed by atoms with Crippen LogP contribution < -0.4 is 4.74 Å². The van der Waals surface area contributed by atoms with Crippen molar-refractivity contribution < 1.29 is 9.53 Å². The smallest absolute Gasteiger partial charge is 0.283 e. The molecule has 0 fully saturated rings. The number of hydrogen-bond acceptors (Lipinski definition) is 5. The number of thioether (sulfide) groups is 1. The Morgan fingerprint density at radius 1 is 1.09 bits per heavy atom. The van der Waals surface area contributed by atoms with Crippen LogP contribution in [-0.2, 0) is 11.4 Å². The largest absolute Gasteiger partial charge is 0.489 e. The summed E-state index contributed by atoms with van der Waals surface area (Å²) in [6, 6.07) is 20.4. The van der Waals surface area contributed by atoms with Crippen molar-refractivity contribution in [3.05, 3.63) is 105 Å². The van der Waals surface area contributed by atoms with Crippen molar-refractivity contribution in [1.82, 2.24) is 5.01 Å². The van der Waals surface area contributed by atoms with Crippen molar-refractivity contribution in [2.24, 2.45) is 10.1 Å². The Labute approximate surface area is 216 Å². The number of aliphatic imine (C=N–C) groups is 1. The fraction of sp³-hybridized carbons (Fsp3) is 0.0769. The Kier molecular flexibility index (Phi) is 6.47. The van der Waals surface area contributed by atoms with Crippen LogP contribution in [-0.4, -0.2) is 27.0 Å². The number of carbonyl (C=O) groups is 1. The Bertz CT molecular complexity index is 1450. The topological polar surface area (TPSA) is 78.1 Å². The van der Waals surface area contributed by atoms with Gasteiger partial charge in [0.2, 0.25) is 5.17 Å². The lowest BCUT2D eigenvalue weighted by Crippen LogP contribution is -2.35. The van der Waals surface area contributed by atoms with E-state index in [0.29, 0.717) is 31.6 Å². The number of ether oxygens (including phenoxy) is 1. The van der Waals surface area contributed by atoms with Crippen LogP contribution in [0.1, 0.15) is 22.3 Å². The third-order valence-electron chi connectivity index (χ3n) is 5.33. The predicted octanol–water partition coefficient (Wildman–Crippen LogP) is 6.55. The molecule has 0 atom stereocenters. The lowest BCUT2D eigenvalue weighted by molar-refractivity contribution is -0.114. The summed E-state index contributed by atoms with van der Waals surface area (Å²) in [6.45, 7) is 2.28. The number of amides is 1. The lowest BCUT2D eigenvalue weighted by Gasteiger charge is -2.20. The first-order valence-corrected chi connectivity index (χ1v) is 12.2. The maximum absolute atomic E-state index is 12.8. The van der Waals surface area contributed by atoms with E-state index >= 15 is 0 Å². The monoisotopic (exact) mass is 520 g/mol. The third kappa shape index (κ3) is 5.03. The van der Waals surface area contributed by atoms with Gasteiger partial charge in [-0.1, -0.05) is 71.2 Å². The molecule has 0 aromatic heterocycles. The zero-order valence-corrected chi connectivity index (χ0v) is 20.8. The Balaban J connectivity index is 1.36. The summed E-state index contributed by atoms with van der Waals surface area (Å²) in [6.07, 6.45) is 1.62. The zero-order chi connectivity index (χ0) is 24.5. The van der Waals surface area contributed by atoms with Crippen molar-refractivity contribution in [1.29, 1.82) is 5.41 Å². The molecule has 2 heterocycles. The summed E-state index contributed by atoms with van der Waals surface area (Å²) in [7, 11) is 0. The van der Waals surface area contributed by atoms with Gasteiger partial charge in [0.25, 0.3) is 5.91 Å². The van der Waals surface area contributed by atoms with Crippen molar-refractivity contribution in [3.8, 4) is 5.75 Å². The number of rotatable bonds is 5. The van der Waals surface area contributed by atoms with Gasteiger partial charge < -0.3 is 4.74 Å². The average Bonchev–Trinajstić information content (AvgIpc) is 3.26. The summed E-state index contributed by atoms with van der Waals surface area (Å²) in [5, 5.41) is 16.7. The minimum Gasteiger partial charge on any atom is -0.489 e. The van der Waals surface area contributed by atoms with Gasteiger partial charge in [0.15, 0.2) is 5.84 Å². The normalized spacial score (nSPS) is 16.3. The second kappa shape index (κ2) is 9.70. The number of aryl methyl sites for hydroxylation is 1. The molecule has 5 rings (SSSR count). The molecule has 1 amide bonds. The fourth-order valence-electron chi connectivity index (χ4n) is 3.47. The highest BCUT2D eigenvalue weighted by Crippen LogP contribution is 2.31. The van der Waals surface area contributed by atoms with Gasteiger partial charge in [-0.3, -0.25) is 10.2 Å². The van der Waals surface area contributed by atoms with Crippen molar-refractivity contribution in [2.75, 3.05) is 0 Å². The van der Waals surface area contributed by atoms with Crippen LogP contribution >= 0.6 is 35.0 Å². The molecule has 1 N–H and O–H groups in total. The van der Waals surface area contributed by atoms with Gasteiger partial charge in [-0.05, 0) is 54.6 Å². The number of halogens is 2. The summed E-state index contributed by atoms with van der Waals surface area (Å²) in [5.74, 6) is 0.100. The molecule has 0 unspecified atom stereocenters. The van der Waals surface area contributed by atoms with Crippen LogP contribution in [0.4, 0.5) is 0 Å². The predicted molar refractivity (Wildman–Crippen MR) is 143 cm³/mol. The molecule has 2 aliphatic rings. The minimum atomic E-state index is -0.478. The maximum atomic E-state index is 12.8. The van der Waals surface area contributed by atoms with E-state index in [-0.39, 0.29) is 18.0 Å². The van der Waals surface area contributed by atoms with Crippen molar-refractivity contribution in [2.45, 2.75) is 13.5 Å². The van der Waals surface area contributed by atoms with Gasteiger partial charge in [-0.2, -0.15) is 15.1 Å². The van der Waals surface area contributed by atoms with Gasteiger partial charge in [0.05, 0.1) is 5.57 Å². The van der Waals surface area contributed by atoms with Crippen LogP contribution in [0, 0.1) is 12.3 Å². The van der Waals surface area contributed by atoms with Gasteiger partial charge >= 0.3 is 0 Å². The van der Waals surface area contributed by atoms with E-state index in [2.05, 4.69) is 10.1 Å². The Morgan fingerprint density at radius 2 is 1.89 bits per heavy atom. The molecule has 0 aliphatic carbocycles. The second-order valence-corrected chi connectivity index (χ2v) is 9.69. The molecule has 2 aliphatic heterocycles. The summed E-state index contributed by atoms with van der Waals surface area (Å²) < 4.78 is 5.88. The lowest BCUT2D eigenvalue weighted by atomic mass is 10.1. The first-order valence-electron chi connectivity index (χ1n) is 10.6. The molecule has 9 heteroatoms. The summed E-state index contributed by atoms with van der Waals surface area (Å²) in [4.78, 5) is 16.9. The van der Waals surface area contributed by atoms with E-state index in [0.717, 1.165) is 16.7 Å². The molecule has 0 radical (unpaired) electrons. The van der Waals surface area contributed by atoms with Crippen molar-refractivity contribution in [3.63, 3.8) is 0 Å². The number of hydrazone groups is 1. The highest BCUT2D eigenvalue weighted by Gasteiger charge is 2.36. The molecule has 174 valence electrons. The number of hydrogen-bond donors (Lipinski definition) is 1. The molecular weight excluding hydrogens is 503 g/mol. The molecular formula is C26H18Cl2N4O2S. The maximum Gasteiger partial charge on any atom is 0.283 e. The molecule has 3 aromatic carbocycles. The molecule has 35 heavy (non-hydrogen) atoms. The molecule has 3 aromatic rings. The molecule has 0 saturated carbocycles. The van der Waals surface area contributed by atoms with E-state index < -0.39 is 5.91 Å². The molecule has 6 nitrogen and oxygen atoms in total.